The van der Waals surface area contributed by atoms with Crippen LogP contribution in [-0.2, 0) is 27.1 Å². The fraction of sp³-hybridized carbons (Fsp3) is 0.562. The van der Waals surface area contributed by atoms with Crippen LogP contribution in [0.2, 0.25) is 0 Å². The maximum atomic E-state index is 14.5. The van der Waals surface area contributed by atoms with Gasteiger partial charge in [0.1, 0.15) is 5.82 Å². The van der Waals surface area contributed by atoms with E-state index in [1.54, 1.807) is 6.07 Å². The van der Waals surface area contributed by atoms with Gasteiger partial charge in [-0.25, -0.2) is 4.39 Å². The molecule has 0 aromatic heterocycles. The lowest BCUT2D eigenvalue weighted by atomic mass is 9.91. The van der Waals surface area contributed by atoms with Gasteiger partial charge in [0.15, 0.2) is 0 Å². The van der Waals surface area contributed by atoms with Crippen molar-refractivity contribution in [2.24, 2.45) is 0 Å². The van der Waals surface area contributed by atoms with E-state index in [0.717, 1.165) is 5.56 Å². The Bertz CT molecular complexity index is 457. The van der Waals surface area contributed by atoms with Crippen molar-refractivity contribution in [3.8, 4) is 0 Å². The summed E-state index contributed by atoms with van der Waals surface area (Å²) in [6.07, 6.45) is 0.558. The van der Waals surface area contributed by atoms with E-state index >= 15 is 0 Å². The standard InChI is InChI=1S/C16H23FO3/c1-5-12-7-8-13(11(3)10-20-6-2)14(16(12)17)9-15(18)19-4/h7-8,11H,5-6,9-10H2,1-4H3. The molecule has 0 spiro atoms. The zero-order valence-electron chi connectivity index (χ0n) is 12.7. The molecule has 112 valence electrons. The summed E-state index contributed by atoms with van der Waals surface area (Å²) in [7, 11) is 1.31. The number of methoxy groups -OCH3 is 1. The Morgan fingerprint density at radius 2 is 2.05 bits per heavy atom. The van der Waals surface area contributed by atoms with Crippen molar-refractivity contribution in [1.29, 1.82) is 0 Å². The van der Waals surface area contributed by atoms with Gasteiger partial charge in [-0.05, 0) is 24.5 Å². The number of halogens is 1. The predicted octanol–water partition coefficient (Wildman–Crippen LogP) is 3.24. The molecule has 20 heavy (non-hydrogen) atoms. The smallest absolute Gasteiger partial charge is 0.310 e. The molecule has 0 radical (unpaired) electrons. The van der Waals surface area contributed by atoms with E-state index in [4.69, 9.17) is 4.74 Å². The van der Waals surface area contributed by atoms with E-state index < -0.39 is 5.97 Å². The van der Waals surface area contributed by atoms with Crippen molar-refractivity contribution in [2.45, 2.75) is 39.5 Å². The second-order valence-corrected chi connectivity index (χ2v) is 4.77. The number of rotatable bonds is 7. The topological polar surface area (TPSA) is 35.5 Å². The van der Waals surface area contributed by atoms with E-state index in [1.165, 1.54) is 7.11 Å². The molecule has 1 aromatic carbocycles. The molecule has 0 aliphatic heterocycles. The highest BCUT2D eigenvalue weighted by molar-refractivity contribution is 5.73. The summed E-state index contributed by atoms with van der Waals surface area (Å²) in [5.74, 6) is -0.684. The highest BCUT2D eigenvalue weighted by Crippen LogP contribution is 2.26. The second-order valence-electron chi connectivity index (χ2n) is 4.77. The van der Waals surface area contributed by atoms with E-state index in [9.17, 15) is 9.18 Å². The highest BCUT2D eigenvalue weighted by atomic mass is 19.1. The van der Waals surface area contributed by atoms with Crippen LogP contribution in [0, 0.1) is 5.82 Å². The van der Waals surface area contributed by atoms with Crippen molar-refractivity contribution >= 4 is 5.97 Å². The van der Waals surface area contributed by atoms with Crippen LogP contribution in [0.4, 0.5) is 4.39 Å². The Labute approximate surface area is 120 Å². The summed E-state index contributed by atoms with van der Waals surface area (Å²) in [6, 6.07) is 3.68. The number of carbonyl (C=O) groups is 1. The first-order valence-corrected chi connectivity index (χ1v) is 6.99. The van der Waals surface area contributed by atoms with Gasteiger partial charge in [0, 0.05) is 18.1 Å². The third-order valence-corrected chi connectivity index (χ3v) is 3.39. The van der Waals surface area contributed by atoms with Crippen molar-refractivity contribution in [3.05, 3.63) is 34.6 Å². The summed E-state index contributed by atoms with van der Waals surface area (Å²) in [6.45, 7) is 6.91. The molecular weight excluding hydrogens is 259 g/mol. The average Bonchev–Trinajstić information content (AvgIpc) is 2.46. The Balaban J connectivity index is 3.14. The predicted molar refractivity (Wildman–Crippen MR) is 76.4 cm³/mol. The zero-order chi connectivity index (χ0) is 15.1. The van der Waals surface area contributed by atoms with Crippen LogP contribution in [0.15, 0.2) is 12.1 Å². The third kappa shape index (κ3) is 4.04. The number of hydrogen-bond donors (Lipinski definition) is 0. The molecule has 0 heterocycles. The van der Waals surface area contributed by atoms with Crippen molar-refractivity contribution in [1.82, 2.24) is 0 Å². The van der Waals surface area contributed by atoms with Gasteiger partial charge in [0.05, 0.1) is 20.1 Å². The van der Waals surface area contributed by atoms with E-state index in [0.29, 0.717) is 30.8 Å². The van der Waals surface area contributed by atoms with Crippen molar-refractivity contribution < 1.29 is 18.7 Å². The van der Waals surface area contributed by atoms with Gasteiger partial charge in [-0.2, -0.15) is 0 Å². The van der Waals surface area contributed by atoms with Gasteiger partial charge in [-0.15, -0.1) is 0 Å². The number of aryl methyl sites for hydroxylation is 1. The molecule has 1 atom stereocenters. The molecule has 1 rings (SSSR count). The summed E-state index contributed by atoms with van der Waals surface area (Å²) in [5.41, 5.74) is 1.87. The fourth-order valence-electron chi connectivity index (χ4n) is 2.20. The van der Waals surface area contributed by atoms with Gasteiger partial charge in [0.2, 0.25) is 0 Å². The lowest BCUT2D eigenvalue weighted by Gasteiger charge is -2.18. The molecular formula is C16H23FO3. The molecule has 0 saturated heterocycles. The number of hydrogen-bond acceptors (Lipinski definition) is 3. The van der Waals surface area contributed by atoms with Crippen LogP contribution in [0.25, 0.3) is 0 Å². The minimum absolute atomic E-state index is 0.0370. The van der Waals surface area contributed by atoms with Crippen LogP contribution in [0.1, 0.15) is 43.4 Å². The van der Waals surface area contributed by atoms with Gasteiger partial charge in [-0.3, -0.25) is 4.79 Å². The number of carbonyl (C=O) groups excluding carboxylic acids is 1. The highest BCUT2D eigenvalue weighted by Gasteiger charge is 2.19. The summed E-state index contributed by atoms with van der Waals surface area (Å²) in [4.78, 5) is 11.5. The zero-order valence-corrected chi connectivity index (χ0v) is 12.7. The van der Waals surface area contributed by atoms with Crippen LogP contribution < -0.4 is 0 Å². The molecule has 0 N–H and O–H groups in total. The molecule has 0 aliphatic carbocycles. The normalized spacial score (nSPS) is 12.2. The van der Waals surface area contributed by atoms with E-state index in [2.05, 4.69) is 4.74 Å². The van der Waals surface area contributed by atoms with E-state index in [-0.39, 0.29) is 18.2 Å². The van der Waals surface area contributed by atoms with Gasteiger partial charge < -0.3 is 9.47 Å². The first-order valence-electron chi connectivity index (χ1n) is 6.99. The maximum absolute atomic E-state index is 14.5. The second kappa shape index (κ2) is 8.00. The molecule has 4 heteroatoms. The lowest BCUT2D eigenvalue weighted by Crippen LogP contribution is -2.14. The van der Waals surface area contributed by atoms with Crippen molar-refractivity contribution in [3.63, 3.8) is 0 Å². The van der Waals surface area contributed by atoms with Gasteiger partial charge >= 0.3 is 5.97 Å². The number of benzene rings is 1. The summed E-state index contributed by atoms with van der Waals surface area (Å²) < 4.78 is 24.5. The molecule has 3 nitrogen and oxygen atoms in total. The molecule has 0 bridgehead atoms. The van der Waals surface area contributed by atoms with E-state index in [1.807, 2.05) is 26.8 Å². The fourth-order valence-corrected chi connectivity index (χ4v) is 2.20. The van der Waals surface area contributed by atoms with Crippen molar-refractivity contribution in [2.75, 3.05) is 20.3 Å². The summed E-state index contributed by atoms with van der Waals surface area (Å²) >= 11 is 0. The SMILES string of the molecule is CCOCC(C)c1ccc(CC)c(F)c1CC(=O)OC. The molecule has 1 unspecified atom stereocenters. The lowest BCUT2D eigenvalue weighted by molar-refractivity contribution is -0.139. The molecule has 1 aromatic rings. The Kier molecular flexibility index (Phi) is 6.65. The number of ether oxygens (including phenoxy) is 2. The maximum Gasteiger partial charge on any atom is 0.310 e. The number of esters is 1. The minimum Gasteiger partial charge on any atom is -0.469 e. The third-order valence-electron chi connectivity index (χ3n) is 3.39. The molecule has 0 aliphatic rings. The van der Waals surface area contributed by atoms with Crippen LogP contribution in [0.3, 0.4) is 0 Å². The average molecular weight is 282 g/mol. The van der Waals surface area contributed by atoms with Gasteiger partial charge in [0.25, 0.3) is 0 Å². The molecule has 0 saturated carbocycles. The van der Waals surface area contributed by atoms with Gasteiger partial charge in [-0.1, -0.05) is 26.0 Å². The summed E-state index contributed by atoms with van der Waals surface area (Å²) in [5, 5.41) is 0. The monoisotopic (exact) mass is 282 g/mol. The van der Waals surface area contributed by atoms with Crippen LogP contribution in [0.5, 0.6) is 0 Å². The van der Waals surface area contributed by atoms with Crippen LogP contribution in [-0.4, -0.2) is 26.3 Å². The quantitative estimate of drug-likeness (QED) is 0.720. The molecule has 0 amide bonds. The molecule has 0 fully saturated rings. The first kappa shape index (κ1) is 16.6. The minimum atomic E-state index is -0.429. The largest absolute Gasteiger partial charge is 0.469 e. The van der Waals surface area contributed by atoms with Crippen LogP contribution >= 0.6 is 0 Å². The first-order chi connectivity index (χ1) is 9.54. The Morgan fingerprint density at radius 3 is 2.60 bits per heavy atom. The Morgan fingerprint density at radius 1 is 1.35 bits per heavy atom. The Hall–Kier alpha value is -1.42.